The van der Waals surface area contributed by atoms with E-state index in [4.69, 9.17) is 22.1 Å². The fourth-order valence-electron chi connectivity index (χ4n) is 1.79. The van der Waals surface area contributed by atoms with E-state index in [0.29, 0.717) is 5.69 Å². The summed E-state index contributed by atoms with van der Waals surface area (Å²) < 4.78 is 5.45. The largest absolute Gasteiger partial charge is 0.496 e. The Bertz CT molecular complexity index is 658. The summed E-state index contributed by atoms with van der Waals surface area (Å²) in [6.45, 7) is 1.89. The predicted molar refractivity (Wildman–Crippen MR) is 69.7 cm³/mol. The minimum Gasteiger partial charge on any atom is -0.496 e. The average Bonchev–Trinajstić information content (AvgIpc) is 2.71. The minimum atomic E-state index is -1.05. The third-order valence-corrected chi connectivity index (χ3v) is 2.83. The van der Waals surface area contributed by atoms with Crippen LogP contribution in [0.5, 0.6) is 5.75 Å². The number of H-pyrrole nitrogens is 2. The first-order chi connectivity index (χ1) is 8.52. The summed E-state index contributed by atoms with van der Waals surface area (Å²) in [5, 5.41) is 9.09. The molecule has 94 valence electrons. The summed E-state index contributed by atoms with van der Waals surface area (Å²) in [4.78, 5) is 16.6. The molecule has 0 aliphatic carbocycles. The maximum absolute atomic E-state index is 11.1. The van der Waals surface area contributed by atoms with Crippen molar-refractivity contribution in [2.45, 2.75) is 6.92 Å². The van der Waals surface area contributed by atoms with Gasteiger partial charge in [-0.2, -0.15) is 0 Å². The van der Waals surface area contributed by atoms with Gasteiger partial charge in [-0.3, -0.25) is 0 Å². The Kier molecular flexibility index (Phi) is 3.20. The number of carboxylic acid groups (broad SMARTS) is 1. The maximum Gasteiger partial charge on any atom is 0.354 e. The molecule has 2 aromatic rings. The highest BCUT2D eigenvalue weighted by atomic mass is 32.1. The number of carbonyl (C=O) groups is 1. The van der Waals surface area contributed by atoms with E-state index >= 15 is 0 Å². The quantitative estimate of drug-likeness (QED) is 0.745. The van der Waals surface area contributed by atoms with Gasteiger partial charge in [0.25, 0.3) is 0 Å². The van der Waals surface area contributed by atoms with Crippen LogP contribution in [0.1, 0.15) is 16.1 Å². The van der Waals surface area contributed by atoms with Crippen molar-refractivity contribution in [3.63, 3.8) is 0 Å². The predicted octanol–water partition coefficient (Wildman–Crippen LogP) is 2.75. The van der Waals surface area contributed by atoms with Gasteiger partial charge in [-0.15, -0.1) is 0 Å². The zero-order chi connectivity index (χ0) is 13.3. The van der Waals surface area contributed by atoms with Crippen LogP contribution in [-0.4, -0.2) is 28.2 Å². The van der Waals surface area contributed by atoms with Gasteiger partial charge in [0.2, 0.25) is 0 Å². The fourth-order valence-corrected chi connectivity index (χ4v) is 2.00. The molecular weight excluding hydrogens is 252 g/mol. The number of aromatic carboxylic acids is 1. The summed E-state index contributed by atoms with van der Waals surface area (Å²) in [7, 11) is 1.59. The molecule has 0 spiro atoms. The maximum atomic E-state index is 11.1. The number of hydrogen-bond acceptors (Lipinski definition) is 3. The number of imidazole rings is 1. The van der Waals surface area contributed by atoms with Crippen LogP contribution in [0.15, 0.2) is 18.2 Å². The molecule has 18 heavy (non-hydrogen) atoms. The molecule has 0 unspecified atom stereocenters. The van der Waals surface area contributed by atoms with Crippen molar-refractivity contribution in [3.8, 4) is 17.0 Å². The summed E-state index contributed by atoms with van der Waals surface area (Å²) in [6.07, 6.45) is 0. The van der Waals surface area contributed by atoms with Crippen LogP contribution in [0.25, 0.3) is 11.3 Å². The number of rotatable bonds is 3. The van der Waals surface area contributed by atoms with Crippen LogP contribution < -0.4 is 4.74 Å². The van der Waals surface area contributed by atoms with E-state index in [0.717, 1.165) is 16.9 Å². The second-order valence-electron chi connectivity index (χ2n) is 3.82. The van der Waals surface area contributed by atoms with Gasteiger partial charge in [0.15, 0.2) is 10.5 Å². The molecule has 3 N–H and O–H groups in total. The SMILES string of the molecule is COc1ccc(-c2[nH]c(=S)[nH]c2C(=O)O)cc1C. The second kappa shape index (κ2) is 4.66. The van der Waals surface area contributed by atoms with Crippen LogP contribution in [0.4, 0.5) is 0 Å². The Morgan fingerprint density at radius 3 is 2.67 bits per heavy atom. The number of hydrogen-bond donors (Lipinski definition) is 3. The fraction of sp³-hybridized carbons (Fsp3) is 0.167. The molecule has 0 radical (unpaired) electrons. The third kappa shape index (κ3) is 2.14. The first kappa shape index (κ1) is 12.4. The average molecular weight is 264 g/mol. The summed E-state index contributed by atoms with van der Waals surface area (Å²) in [5.74, 6) is -0.296. The lowest BCUT2D eigenvalue weighted by atomic mass is 10.1. The smallest absolute Gasteiger partial charge is 0.354 e. The Balaban J connectivity index is 2.58. The first-order valence-electron chi connectivity index (χ1n) is 5.23. The van der Waals surface area contributed by atoms with Gasteiger partial charge in [0.1, 0.15) is 5.75 Å². The van der Waals surface area contributed by atoms with Crippen LogP contribution >= 0.6 is 12.2 Å². The van der Waals surface area contributed by atoms with Crippen molar-refractivity contribution in [1.29, 1.82) is 0 Å². The van der Waals surface area contributed by atoms with E-state index in [2.05, 4.69) is 9.97 Å². The molecule has 1 aromatic heterocycles. The second-order valence-corrected chi connectivity index (χ2v) is 4.23. The van der Waals surface area contributed by atoms with Crippen LogP contribution in [0.2, 0.25) is 0 Å². The molecule has 0 saturated carbocycles. The number of carboxylic acids is 1. The van der Waals surface area contributed by atoms with Crippen molar-refractivity contribution in [2.24, 2.45) is 0 Å². The standard InChI is InChI=1S/C12H12N2O3S/c1-6-5-7(3-4-8(6)17-2)9-10(11(15)16)14-12(18)13-9/h3-5H,1-2H3,(H,15,16)(H2,13,14,18). The van der Waals surface area contributed by atoms with Crippen LogP contribution in [0.3, 0.4) is 0 Å². The molecule has 0 aliphatic rings. The molecule has 0 amide bonds. The Labute approximate surface area is 108 Å². The molecular formula is C12H12N2O3S. The number of ether oxygens (including phenoxy) is 1. The van der Waals surface area contributed by atoms with Gasteiger partial charge in [-0.1, -0.05) is 0 Å². The Morgan fingerprint density at radius 2 is 2.11 bits per heavy atom. The zero-order valence-corrected chi connectivity index (χ0v) is 10.7. The summed E-state index contributed by atoms with van der Waals surface area (Å²) >= 11 is 4.92. The lowest BCUT2D eigenvalue weighted by molar-refractivity contribution is 0.0692. The molecule has 0 bridgehead atoms. The molecule has 1 heterocycles. The van der Waals surface area contributed by atoms with Crippen LogP contribution in [-0.2, 0) is 0 Å². The molecule has 0 fully saturated rings. The summed E-state index contributed by atoms with van der Waals surface area (Å²) in [6, 6.07) is 5.42. The number of aromatic nitrogens is 2. The lowest BCUT2D eigenvalue weighted by Crippen LogP contribution is -1.99. The summed E-state index contributed by atoms with van der Waals surface area (Å²) in [5.41, 5.74) is 2.20. The monoisotopic (exact) mass is 264 g/mol. The molecule has 0 aliphatic heterocycles. The van der Waals surface area contributed by atoms with E-state index in [9.17, 15) is 4.79 Å². The first-order valence-corrected chi connectivity index (χ1v) is 5.64. The number of nitrogens with one attached hydrogen (secondary N) is 2. The molecule has 0 saturated heterocycles. The van der Waals surface area contributed by atoms with Crippen LogP contribution in [0, 0.1) is 11.7 Å². The molecule has 2 rings (SSSR count). The number of methoxy groups -OCH3 is 1. The van der Waals surface area contributed by atoms with E-state index in [-0.39, 0.29) is 10.5 Å². The molecule has 0 atom stereocenters. The lowest BCUT2D eigenvalue weighted by Gasteiger charge is -2.06. The van der Waals surface area contributed by atoms with Gasteiger partial charge in [-0.25, -0.2) is 4.79 Å². The number of aromatic amines is 2. The van der Waals surface area contributed by atoms with E-state index in [1.165, 1.54) is 0 Å². The highest BCUT2D eigenvalue weighted by molar-refractivity contribution is 7.71. The van der Waals surface area contributed by atoms with Gasteiger partial charge < -0.3 is 19.8 Å². The van der Waals surface area contributed by atoms with Gasteiger partial charge in [-0.05, 0) is 42.9 Å². The van der Waals surface area contributed by atoms with Crippen molar-refractivity contribution < 1.29 is 14.6 Å². The molecule has 6 heteroatoms. The van der Waals surface area contributed by atoms with E-state index in [1.807, 2.05) is 13.0 Å². The van der Waals surface area contributed by atoms with Crippen molar-refractivity contribution >= 4 is 18.2 Å². The minimum absolute atomic E-state index is 0.0598. The Morgan fingerprint density at radius 1 is 1.39 bits per heavy atom. The van der Waals surface area contributed by atoms with Gasteiger partial charge in [0, 0.05) is 5.56 Å². The van der Waals surface area contributed by atoms with Gasteiger partial charge >= 0.3 is 5.97 Å². The van der Waals surface area contributed by atoms with E-state index in [1.54, 1.807) is 19.2 Å². The van der Waals surface area contributed by atoms with Gasteiger partial charge in [0.05, 0.1) is 12.8 Å². The number of benzene rings is 1. The highest BCUT2D eigenvalue weighted by Gasteiger charge is 2.15. The zero-order valence-electron chi connectivity index (χ0n) is 9.90. The topological polar surface area (TPSA) is 78.1 Å². The third-order valence-electron chi connectivity index (χ3n) is 2.62. The normalized spacial score (nSPS) is 10.3. The van der Waals surface area contributed by atoms with Crippen molar-refractivity contribution in [2.75, 3.05) is 7.11 Å². The van der Waals surface area contributed by atoms with E-state index < -0.39 is 5.97 Å². The highest BCUT2D eigenvalue weighted by Crippen LogP contribution is 2.26. The van der Waals surface area contributed by atoms with Crippen molar-refractivity contribution in [1.82, 2.24) is 9.97 Å². The molecule has 5 nitrogen and oxygen atoms in total. The van der Waals surface area contributed by atoms with Crippen molar-refractivity contribution in [3.05, 3.63) is 34.2 Å². The Hall–Kier alpha value is -2.08. The molecule has 1 aromatic carbocycles. The number of aryl methyl sites for hydroxylation is 1.